The summed E-state index contributed by atoms with van der Waals surface area (Å²) in [5.74, 6) is 0.581. The van der Waals surface area contributed by atoms with Crippen molar-refractivity contribution in [3.05, 3.63) is 83.9 Å². The van der Waals surface area contributed by atoms with Gasteiger partial charge in [0.15, 0.2) is 11.0 Å². The molecule has 4 rings (SSSR count). The van der Waals surface area contributed by atoms with Gasteiger partial charge in [0, 0.05) is 25.3 Å². The van der Waals surface area contributed by atoms with E-state index in [4.69, 9.17) is 11.6 Å². The Morgan fingerprint density at radius 3 is 2.43 bits per heavy atom. The Morgan fingerprint density at radius 1 is 1.00 bits per heavy atom. The number of hydrogen-bond acceptors (Lipinski definition) is 6. The van der Waals surface area contributed by atoms with Crippen molar-refractivity contribution in [1.29, 1.82) is 0 Å². The minimum atomic E-state index is -3.92. The summed E-state index contributed by atoms with van der Waals surface area (Å²) in [7, 11) is -0.529. The Labute approximate surface area is 213 Å². The molecule has 0 bridgehead atoms. The van der Waals surface area contributed by atoms with E-state index in [1.807, 2.05) is 30.3 Å². The lowest BCUT2D eigenvalue weighted by molar-refractivity contribution is -0.125. The number of carbonyl (C=O) groups is 1. The van der Waals surface area contributed by atoms with Crippen LogP contribution in [0.25, 0.3) is 17.1 Å². The number of benzene rings is 3. The van der Waals surface area contributed by atoms with Crippen LogP contribution in [0, 0.1) is 0 Å². The SMILES string of the molecule is CN(C)C(=O)CSc1nnc(-c2cccc(S(=O)(=O)Nc3ccccc3Cl)c2)n1-c1ccccc1. The maximum absolute atomic E-state index is 13.1. The predicted molar refractivity (Wildman–Crippen MR) is 138 cm³/mol. The fourth-order valence-electron chi connectivity index (χ4n) is 3.17. The lowest BCUT2D eigenvalue weighted by atomic mass is 10.2. The van der Waals surface area contributed by atoms with Gasteiger partial charge in [0.05, 0.1) is 21.4 Å². The van der Waals surface area contributed by atoms with Crippen LogP contribution in [0.1, 0.15) is 0 Å². The second-order valence-corrected chi connectivity index (χ2v) is 10.7. The second-order valence-electron chi connectivity index (χ2n) is 7.67. The van der Waals surface area contributed by atoms with E-state index in [1.165, 1.54) is 28.8 Å². The van der Waals surface area contributed by atoms with Crippen LogP contribution >= 0.6 is 23.4 Å². The Kier molecular flexibility index (Phi) is 7.44. The zero-order valence-corrected chi connectivity index (χ0v) is 21.3. The van der Waals surface area contributed by atoms with Gasteiger partial charge in [-0.05, 0) is 36.4 Å². The minimum absolute atomic E-state index is 0.0505. The first kappa shape index (κ1) is 24.8. The number of carbonyl (C=O) groups excluding carboxylic acids is 1. The highest BCUT2D eigenvalue weighted by Gasteiger charge is 2.21. The first-order valence-corrected chi connectivity index (χ1v) is 13.3. The molecule has 4 aromatic rings. The van der Waals surface area contributed by atoms with E-state index in [0.717, 1.165) is 5.69 Å². The first-order chi connectivity index (χ1) is 16.8. The fourth-order valence-corrected chi connectivity index (χ4v) is 5.46. The molecular weight excluding hydrogens is 506 g/mol. The molecule has 1 amide bonds. The maximum atomic E-state index is 13.1. The number of aromatic nitrogens is 3. The Hall–Kier alpha value is -3.34. The lowest BCUT2D eigenvalue weighted by Gasteiger charge is -2.13. The van der Waals surface area contributed by atoms with E-state index < -0.39 is 10.0 Å². The summed E-state index contributed by atoms with van der Waals surface area (Å²) in [5, 5.41) is 9.45. The molecule has 0 atom stereocenters. The van der Waals surface area contributed by atoms with Crippen molar-refractivity contribution < 1.29 is 13.2 Å². The van der Waals surface area contributed by atoms with E-state index in [9.17, 15) is 13.2 Å². The normalized spacial score (nSPS) is 11.3. The van der Waals surface area contributed by atoms with Crippen LogP contribution in [0.15, 0.2) is 88.9 Å². The van der Waals surface area contributed by atoms with Gasteiger partial charge in [0.1, 0.15) is 0 Å². The van der Waals surface area contributed by atoms with Crippen molar-refractivity contribution in [2.75, 3.05) is 24.6 Å². The second kappa shape index (κ2) is 10.5. The van der Waals surface area contributed by atoms with Crippen molar-refractivity contribution in [2.45, 2.75) is 10.1 Å². The third-order valence-electron chi connectivity index (χ3n) is 4.99. The quantitative estimate of drug-likeness (QED) is 0.337. The number of para-hydroxylation sites is 2. The van der Waals surface area contributed by atoms with Crippen molar-refractivity contribution in [1.82, 2.24) is 19.7 Å². The number of anilines is 1. The highest BCUT2D eigenvalue weighted by Crippen LogP contribution is 2.30. The summed E-state index contributed by atoms with van der Waals surface area (Å²) >= 11 is 7.39. The molecule has 0 saturated carbocycles. The first-order valence-electron chi connectivity index (χ1n) is 10.5. The van der Waals surface area contributed by atoms with E-state index in [-0.39, 0.29) is 22.2 Å². The van der Waals surface area contributed by atoms with Crippen molar-refractivity contribution in [3.8, 4) is 17.1 Å². The molecule has 0 aliphatic heterocycles. The molecule has 8 nitrogen and oxygen atoms in total. The van der Waals surface area contributed by atoms with E-state index >= 15 is 0 Å². The van der Waals surface area contributed by atoms with Gasteiger partial charge < -0.3 is 4.90 Å². The summed E-state index contributed by atoms with van der Waals surface area (Å²) in [6.45, 7) is 0. The van der Waals surface area contributed by atoms with Crippen LogP contribution in [-0.2, 0) is 14.8 Å². The number of nitrogens with zero attached hydrogens (tertiary/aromatic N) is 4. The van der Waals surface area contributed by atoms with Crippen molar-refractivity contribution in [3.63, 3.8) is 0 Å². The van der Waals surface area contributed by atoms with Gasteiger partial charge in [0.25, 0.3) is 10.0 Å². The van der Waals surface area contributed by atoms with Gasteiger partial charge in [-0.15, -0.1) is 10.2 Å². The number of nitrogens with one attached hydrogen (secondary N) is 1. The van der Waals surface area contributed by atoms with Crippen LogP contribution in [-0.4, -0.2) is 53.8 Å². The fraction of sp³-hybridized carbons (Fsp3) is 0.125. The van der Waals surface area contributed by atoms with Crippen LogP contribution in [0.5, 0.6) is 0 Å². The summed E-state index contributed by atoms with van der Waals surface area (Å²) in [5.41, 5.74) is 1.63. The van der Waals surface area contributed by atoms with Gasteiger partial charge in [-0.1, -0.05) is 65.8 Å². The topological polar surface area (TPSA) is 97.2 Å². The van der Waals surface area contributed by atoms with Gasteiger partial charge >= 0.3 is 0 Å². The monoisotopic (exact) mass is 527 g/mol. The van der Waals surface area contributed by atoms with Gasteiger partial charge in [-0.2, -0.15) is 0 Å². The van der Waals surface area contributed by atoms with E-state index in [1.54, 1.807) is 55.1 Å². The Morgan fingerprint density at radius 2 is 1.71 bits per heavy atom. The lowest BCUT2D eigenvalue weighted by Crippen LogP contribution is -2.23. The van der Waals surface area contributed by atoms with Gasteiger partial charge in [-0.3, -0.25) is 14.1 Å². The highest BCUT2D eigenvalue weighted by molar-refractivity contribution is 7.99. The standard InChI is InChI=1S/C24H22ClN5O3S2/c1-29(2)22(31)16-34-24-27-26-23(30(24)18-10-4-3-5-11-18)17-9-8-12-19(15-17)35(32,33)28-21-14-7-6-13-20(21)25/h3-15,28H,16H2,1-2H3. The third kappa shape index (κ3) is 5.67. The van der Waals surface area contributed by atoms with Crippen molar-refractivity contribution >= 4 is 45.0 Å². The number of amides is 1. The molecule has 0 unspecified atom stereocenters. The molecule has 0 saturated heterocycles. The third-order valence-corrected chi connectivity index (χ3v) is 7.60. The van der Waals surface area contributed by atoms with E-state index in [0.29, 0.717) is 21.6 Å². The predicted octanol–water partition coefficient (Wildman–Crippen LogP) is 4.57. The summed E-state index contributed by atoms with van der Waals surface area (Å²) in [4.78, 5) is 13.7. The van der Waals surface area contributed by atoms with Crippen LogP contribution in [0.3, 0.4) is 0 Å². The van der Waals surface area contributed by atoms with Crippen LogP contribution in [0.2, 0.25) is 5.02 Å². The maximum Gasteiger partial charge on any atom is 0.261 e. The average molecular weight is 528 g/mol. The number of thioether (sulfide) groups is 1. The van der Waals surface area contributed by atoms with Gasteiger partial charge in [-0.25, -0.2) is 8.42 Å². The number of sulfonamides is 1. The van der Waals surface area contributed by atoms with Gasteiger partial charge in [0.2, 0.25) is 5.91 Å². The summed E-state index contributed by atoms with van der Waals surface area (Å²) in [6, 6.07) is 22.5. The number of rotatable bonds is 8. The largest absolute Gasteiger partial charge is 0.348 e. The molecule has 35 heavy (non-hydrogen) atoms. The van der Waals surface area contributed by atoms with Crippen molar-refractivity contribution in [2.24, 2.45) is 0 Å². The molecular formula is C24H22ClN5O3S2. The number of hydrogen-bond donors (Lipinski definition) is 1. The molecule has 0 aliphatic rings. The zero-order valence-electron chi connectivity index (χ0n) is 18.9. The number of halogens is 1. The Bertz CT molecular complexity index is 1460. The zero-order chi connectivity index (χ0) is 25.0. The highest BCUT2D eigenvalue weighted by atomic mass is 35.5. The molecule has 0 spiro atoms. The molecule has 180 valence electrons. The van der Waals surface area contributed by atoms with Crippen LogP contribution < -0.4 is 4.72 Å². The average Bonchev–Trinajstić information content (AvgIpc) is 3.28. The molecule has 1 heterocycles. The molecule has 11 heteroatoms. The minimum Gasteiger partial charge on any atom is -0.348 e. The van der Waals surface area contributed by atoms with Crippen LogP contribution in [0.4, 0.5) is 5.69 Å². The molecule has 1 aromatic heterocycles. The molecule has 0 radical (unpaired) electrons. The molecule has 0 aliphatic carbocycles. The van der Waals surface area contributed by atoms with E-state index in [2.05, 4.69) is 14.9 Å². The molecule has 1 N–H and O–H groups in total. The molecule has 0 fully saturated rings. The molecule has 3 aromatic carbocycles. The Balaban J connectivity index is 1.73. The summed E-state index contributed by atoms with van der Waals surface area (Å²) < 4.78 is 30.5. The smallest absolute Gasteiger partial charge is 0.261 e. The summed E-state index contributed by atoms with van der Waals surface area (Å²) in [6.07, 6.45) is 0.